The van der Waals surface area contributed by atoms with Gasteiger partial charge >= 0.3 is 0 Å². The molecule has 5 heteroatoms. The van der Waals surface area contributed by atoms with Gasteiger partial charge in [0.25, 0.3) is 6.01 Å². The average Bonchev–Trinajstić information content (AvgIpc) is 2.70. The number of anilines is 2. The van der Waals surface area contributed by atoms with Crippen LogP contribution in [0.2, 0.25) is 0 Å². The van der Waals surface area contributed by atoms with E-state index in [1.165, 1.54) is 0 Å². The van der Waals surface area contributed by atoms with Crippen LogP contribution in [0.1, 0.15) is 13.3 Å². The molecule has 0 aliphatic rings. The lowest BCUT2D eigenvalue weighted by molar-refractivity contribution is 0.182. The summed E-state index contributed by atoms with van der Waals surface area (Å²) >= 11 is 0. The van der Waals surface area contributed by atoms with Crippen LogP contribution in [0.4, 0.5) is 11.7 Å². The van der Waals surface area contributed by atoms with Crippen LogP contribution in [0, 0.1) is 0 Å². The number of aliphatic hydroxyl groups excluding tert-OH is 1. The number of hydrogen-bond donors (Lipinski definition) is 3. The molecule has 4 N–H and O–H groups in total. The number of para-hydroxylation sites is 1. The van der Waals surface area contributed by atoms with Crippen LogP contribution in [0.5, 0.6) is 0 Å². The number of nitrogens with one attached hydrogen (secondary N) is 1. The standard InChI is InChI=1S/C11H15N3O2/c1-2-7(15)6-13-11-14-10-8(12)4-3-5-9(10)16-11/h3-5,7,15H,2,6,12H2,1H3,(H,13,14). The second-order valence-electron chi connectivity index (χ2n) is 3.66. The van der Waals surface area contributed by atoms with Crippen molar-refractivity contribution in [2.75, 3.05) is 17.6 Å². The molecule has 0 saturated carbocycles. The fraction of sp³-hybridized carbons (Fsp3) is 0.364. The van der Waals surface area contributed by atoms with Gasteiger partial charge in [0.1, 0.15) is 5.52 Å². The van der Waals surface area contributed by atoms with Crippen LogP contribution in [0.15, 0.2) is 22.6 Å². The predicted molar refractivity (Wildman–Crippen MR) is 63.2 cm³/mol. The zero-order valence-corrected chi connectivity index (χ0v) is 9.10. The number of benzene rings is 1. The molecule has 86 valence electrons. The number of aromatic nitrogens is 1. The molecule has 2 aromatic rings. The number of hydrogen-bond acceptors (Lipinski definition) is 5. The maximum absolute atomic E-state index is 9.39. The summed E-state index contributed by atoms with van der Waals surface area (Å²) in [6.07, 6.45) is 0.294. The van der Waals surface area contributed by atoms with Gasteiger partial charge in [-0.3, -0.25) is 0 Å². The molecular weight excluding hydrogens is 206 g/mol. The van der Waals surface area contributed by atoms with Crippen LogP contribution in [-0.2, 0) is 0 Å². The molecule has 0 fully saturated rings. The van der Waals surface area contributed by atoms with Gasteiger partial charge in [-0.25, -0.2) is 0 Å². The van der Waals surface area contributed by atoms with Crippen molar-refractivity contribution in [1.29, 1.82) is 0 Å². The normalized spacial score (nSPS) is 12.9. The molecule has 2 rings (SSSR count). The molecule has 0 aliphatic heterocycles. The second-order valence-corrected chi connectivity index (χ2v) is 3.66. The van der Waals surface area contributed by atoms with E-state index in [4.69, 9.17) is 10.2 Å². The number of aliphatic hydroxyl groups is 1. The van der Waals surface area contributed by atoms with Gasteiger partial charge in [-0.2, -0.15) is 4.98 Å². The zero-order chi connectivity index (χ0) is 11.5. The van der Waals surface area contributed by atoms with Crippen molar-refractivity contribution in [3.05, 3.63) is 18.2 Å². The molecule has 1 aromatic heterocycles. The summed E-state index contributed by atoms with van der Waals surface area (Å²) in [4.78, 5) is 4.20. The van der Waals surface area contributed by atoms with Gasteiger partial charge in [-0.15, -0.1) is 0 Å². The van der Waals surface area contributed by atoms with Gasteiger partial charge in [0.05, 0.1) is 11.8 Å². The molecule has 0 radical (unpaired) electrons. The largest absolute Gasteiger partial charge is 0.423 e. The number of nitrogens with two attached hydrogens (primary N) is 1. The monoisotopic (exact) mass is 221 g/mol. The lowest BCUT2D eigenvalue weighted by atomic mass is 10.3. The van der Waals surface area contributed by atoms with Crippen molar-refractivity contribution in [2.24, 2.45) is 0 Å². The predicted octanol–water partition coefficient (Wildman–Crippen LogP) is 1.59. The van der Waals surface area contributed by atoms with E-state index in [0.717, 1.165) is 0 Å². The van der Waals surface area contributed by atoms with Gasteiger partial charge in [0, 0.05) is 6.54 Å². The molecule has 16 heavy (non-hydrogen) atoms. The first-order valence-electron chi connectivity index (χ1n) is 5.27. The van der Waals surface area contributed by atoms with Crippen LogP contribution in [-0.4, -0.2) is 22.7 Å². The van der Waals surface area contributed by atoms with Gasteiger partial charge < -0.3 is 20.6 Å². The summed E-state index contributed by atoms with van der Waals surface area (Å²) in [6, 6.07) is 5.78. The van der Waals surface area contributed by atoms with E-state index in [-0.39, 0.29) is 0 Å². The Hall–Kier alpha value is -1.75. The molecule has 0 amide bonds. The molecule has 1 unspecified atom stereocenters. The summed E-state index contributed by atoms with van der Waals surface area (Å²) in [6.45, 7) is 2.33. The Bertz CT molecular complexity index is 481. The van der Waals surface area contributed by atoms with Crippen molar-refractivity contribution in [3.8, 4) is 0 Å². The Kier molecular flexibility index (Phi) is 2.96. The van der Waals surface area contributed by atoms with E-state index in [9.17, 15) is 5.11 Å². The molecule has 1 aromatic carbocycles. The maximum atomic E-state index is 9.39. The smallest absolute Gasteiger partial charge is 0.295 e. The van der Waals surface area contributed by atoms with E-state index in [0.29, 0.717) is 35.8 Å². The highest BCUT2D eigenvalue weighted by molar-refractivity contribution is 5.86. The van der Waals surface area contributed by atoms with Gasteiger partial charge in [-0.1, -0.05) is 13.0 Å². The SMILES string of the molecule is CCC(O)CNc1nc2c(N)cccc2o1. The molecule has 1 atom stereocenters. The summed E-state index contributed by atoms with van der Waals surface area (Å²) in [5, 5.41) is 12.3. The molecule has 0 spiro atoms. The Labute approximate surface area is 93.3 Å². The molecule has 5 nitrogen and oxygen atoms in total. The highest BCUT2D eigenvalue weighted by Crippen LogP contribution is 2.23. The number of oxazole rings is 1. The fourth-order valence-corrected chi connectivity index (χ4v) is 1.39. The van der Waals surface area contributed by atoms with Crippen LogP contribution in [0.3, 0.4) is 0 Å². The van der Waals surface area contributed by atoms with Crippen LogP contribution in [0.25, 0.3) is 11.1 Å². The molecule has 0 bridgehead atoms. The van der Waals surface area contributed by atoms with E-state index < -0.39 is 6.10 Å². The molecule has 0 aliphatic carbocycles. The fourth-order valence-electron chi connectivity index (χ4n) is 1.39. The van der Waals surface area contributed by atoms with Gasteiger partial charge in [0.2, 0.25) is 0 Å². The minimum absolute atomic E-state index is 0.389. The van der Waals surface area contributed by atoms with Crippen molar-refractivity contribution >= 4 is 22.8 Å². The molecule has 0 saturated heterocycles. The first-order chi connectivity index (χ1) is 7.70. The quantitative estimate of drug-likeness (QED) is 0.683. The first kappa shape index (κ1) is 10.8. The lowest BCUT2D eigenvalue weighted by Crippen LogP contribution is -2.18. The van der Waals surface area contributed by atoms with Crippen LogP contribution >= 0.6 is 0 Å². The second kappa shape index (κ2) is 4.40. The third-order valence-corrected chi connectivity index (χ3v) is 2.41. The molecule has 1 heterocycles. The number of nitrogen functional groups attached to an aromatic ring is 1. The highest BCUT2D eigenvalue weighted by Gasteiger charge is 2.08. The van der Waals surface area contributed by atoms with E-state index in [1.807, 2.05) is 13.0 Å². The van der Waals surface area contributed by atoms with Crippen molar-refractivity contribution in [1.82, 2.24) is 4.98 Å². The topological polar surface area (TPSA) is 84.3 Å². The molecular formula is C11H15N3O2. The van der Waals surface area contributed by atoms with E-state index >= 15 is 0 Å². The Morgan fingerprint density at radius 1 is 1.56 bits per heavy atom. The number of nitrogens with zero attached hydrogens (tertiary/aromatic N) is 1. The Morgan fingerprint density at radius 2 is 2.38 bits per heavy atom. The van der Waals surface area contributed by atoms with Crippen molar-refractivity contribution in [3.63, 3.8) is 0 Å². The number of rotatable bonds is 4. The van der Waals surface area contributed by atoms with Crippen molar-refractivity contribution < 1.29 is 9.52 Å². The summed E-state index contributed by atoms with van der Waals surface area (Å²) in [5.74, 6) is 0. The van der Waals surface area contributed by atoms with Crippen molar-refractivity contribution in [2.45, 2.75) is 19.4 Å². The van der Waals surface area contributed by atoms with E-state index in [2.05, 4.69) is 10.3 Å². The lowest BCUT2D eigenvalue weighted by Gasteiger charge is -2.06. The van der Waals surface area contributed by atoms with Gasteiger partial charge in [-0.05, 0) is 18.6 Å². The summed E-state index contributed by atoms with van der Waals surface area (Å²) in [7, 11) is 0. The zero-order valence-electron chi connectivity index (χ0n) is 9.10. The highest BCUT2D eigenvalue weighted by atomic mass is 16.4. The van der Waals surface area contributed by atoms with E-state index in [1.54, 1.807) is 12.1 Å². The van der Waals surface area contributed by atoms with Gasteiger partial charge in [0.15, 0.2) is 5.58 Å². The Balaban J connectivity index is 2.17. The summed E-state index contributed by atoms with van der Waals surface area (Å²) in [5.41, 5.74) is 7.64. The minimum Gasteiger partial charge on any atom is -0.423 e. The summed E-state index contributed by atoms with van der Waals surface area (Å²) < 4.78 is 5.43. The third-order valence-electron chi connectivity index (χ3n) is 2.41. The Morgan fingerprint density at radius 3 is 3.06 bits per heavy atom. The maximum Gasteiger partial charge on any atom is 0.295 e. The minimum atomic E-state index is -0.396. The average molecular weight is 221 g/mol. The van der Waals surface area contributed by atoms with Crippen LogP contribution < -0.4 is 11.1 Å². The number of fused-ring (bicyclic) bond motifs is 1. The first-order valence-corrected chi connectivity index (χ1v) is 5.27. The third kappa shape index (κ3) is 2.09.